The summed E-state index contributed by atoms with van der Waals surface area (Å²) in [5.74, 6) is 1.21. The third-order valence-corrected chi connectivity index (χ3v) is 5.54. The molecule has 2 nitrogen and oxygen atoms in total. The van der Waals surface area contributed by atoms with E-state index in [1.165, 1.54) is 32.1 Å². The molecule has 0 aromatic carbocycles. The predicted octanol–water partition coefficient (Wildman–Crippen LogP) is 3.28. The zero-order chi connectivity index (χ0) is 11.9. The van der Waals surface area contributed by atoms with Crippen LogP contribution >= 0.6 is 0 Å². The molecule has 1 heterocycles. The van der Waals surface area contributed by atoms with E-state index < -0.39 is 0 Å². The van der Waals surface area contributed by atoms with Crippen molar-refractivity contribution in [2.24, 2.45) is 11.8 Å². The van der Waals surface area contributed by atoms with Crippen LogP contribution in [0.5, 0.6) is 0 Å². The minimum atomic E-state index is -0.362. The summed E-state index contributed by atoms with van der Waals surface area (Å²) in [5, 5.41) is 10.9. The van der Waals surface area contributed by atoms with Crippen molar-refractivity contribution < 1.29 is 9.84 Å². The monoisotopic (exact) mass is 238 g/mol. The van der Waals surface area contributed by atoms with Gasteiger partial charge in [0.25, 0.3) is 0 Å². The van der Waals surface area contributed by atoms with Crippen LogP contribution in [0.25, 0.3) is 0 Å². The van der Waals surface area contributed by atoms with Gasteiger partial charge in [-0.2, -0.15) is 0 Å². The van der Waals surface area contributed by atoms with Gasteiger partial charge in [-0.1, -0.05) is 19.8 Å². The highest BCUT2D eigenvalue weighted by Gasteiger charge is 2.49. The lowest BCUT2D eigenvalue weighted by Gasteiger charge is -2.44. The second-order valence-electron chi connectivity index (χ2n) is 6.88. The lowest BCUT2D eigenvalue weighted by Crippen LogP contribution is -2.46. The van der Waals surface area contributed by atoms with Gasteiger partial charge >= 0.3 is 0 Å². The predicted molar refractivity (Wildman–Crippen MR) is 67.8 cm³/mol. The second-order valence-corrected chi connectivity index (χ2v) is 6.88. The van der Waals surface area contributed by atoms with Crippen molar-refractivity contribution in [3.63, 3.8) is 0 Å². The number of rotatable bonds is 1. The first-order chi connectivity index (χ1) is 8.12. The highest BCUT2D eigenvalue weighted by atomic mass is 16.5. The van der Waals surface area contributed by atoms with E-state index in [1.54, 1.807) is 0 Å². The van der Waals surface area contributed by atoms with Gasteiger partial charge < -0.3 is 9.84 Å². The average Bonchev–Trinajstić information content (AvgIpc) is 2.88. The van der Waals surface area contributed by atoms with Crippen LogP contribution in [0.3, 0.4) is 0 Å². The molecule has 1 saturated heterocycles. The lowest BCUT2D eigenvalue weighted by molar-refractivity contribution is -0.139. The highest BCUT2D eigenvalue weighted by Crippen LogP contribution is 2.49. The Hall–Kier alpha value is -0.0800. The molecule has 0 aromatic rings. The third kappa shape index (κ3) is 2.15. The maximum absolute atomic E-state index is 10.9. The normalized spacial score (nSPS) is 45.5. The van der Waals surface area contributed by atoms with E-state index in [1.807, 2.05) is 0 Å². The van der Waals surface area contributed by atoms with Gasteiger partial charge in [0, 0.05) is 6.61 Å². The summed E-state index contributed by atoms with van der Waals surface area (Å²) in [5.41, 5.74) is -0.205. The molecule has 3 atom stereocenters. The van der Waals surface area contributed by atoms with Gasteiger partial charge in [0.05, 0.1) is 11.2 Å². The minimum Gasteiger partial charge on any atom is -0.390 e. The van der Waals surface area contributed by atoms with Crippen LogP contribution in [0, 0.1) is 11.8 Å². The van der Waals surface area contributed by atoms with Crippen LogP contribution in [0.4, 0.5) is 0 Å². The van der Waals surface area contributed by atoms with Crippen molar-refractivity contribution >= 4 is 0 Å². The van der Waals surface area contributed by atoms with Gasteiger partial charge in [0.2, 0.25) is 0 Å². The topological polar surface area (TPSA) is 29.5 Å². The molecule has 2 aliphatic carbocycles. The zero-order valence-electron chi connectivity index (χ0n) is 11.1. The van der Waals surface area contributed by atoms with Gasteiger partial charge in [-0.25, -0.2) is 0 Å². The van der Waals surface area contributed by atoms with Crippen molar-refractivity contribution in [3.8, 4) is 0 Å². The molecule has 3 rings (SSSR count). The summed E-state index contributed by atoms with van der Waals surface area (Å²) in [6.45, 7) is 3.16. The highest BCUT2D eigenvalue weighted by molar-refractivity contribution is 5.00. The Balaban J connectivity index is 1.71. The van der Waals surface area contributed by atoms with Crippen molar-refractivity contribution in [3.05, 3.63) is 0 Å². The summed E-state index contributed by atoms with van der Waals surface area (Å²) in [6, 6.07) is 0. The molecular formula is C15H26O2. The van der Waals surface area contributed by atoms with E-state index in [4.69, 9.17) is 4.74 Å². The number of hydrogen-bond acceptors (Lipinski definition) is 2. The number of aliphatic hydroxyl groups is 1. The fourth-order valence-electron chi connectivity index (χ4n) is 4.53. The first-order valence-corrected chi connectivity index (χ1v) is 7.48. The molecular weight excluding hydrogens is 212 g/mol. The summed E-state index contributed by atoms with van der Waals surface area (Å²) in [6.07, 6.45) is 10.6. The van der Waals surface area contributed by atoms with Gasteiger partial charge in [-0.15, -0.1) is 0 Å². The number of hydrogen-bond donors (Lipinski definition) is 1. The second kappa shape index (κ2) is 4.24. The Morgan fingerprint density at radius 2 is 1.82 bits per heavy atom. The molecule has 98 valence electrons. The molecule has 2 saturated carbocycles. The fourth-order valence-corrected chi connectivity index (χ4v) is 4.53. The molecule has 1 aliphatic heterocycles. The summed E-state index contributed by atoms with van der Waals surface area (Å²) < 4.78 is 6.08. The fraction of sp³-hybridized carbons (Fsp3) is 1.00. The summed E-state index contributed by atoms with van der Waals surface area (Å²) >= 11 is 0. The van der Waals surface area contributed by atoms with Gasteiger partial charge in [-0.05, 0) is 56.8 Å². The molecule has 0 amide bonds. The molecule has 1 spiro atoms. The van der Waals surface area contributed by atoms with E-state index in [-0.39, 0.29) is 11.2 Å². The Labute approximate surface area is 105 Å². The largest absolute Gasteiger partial charge is 0.390 e. The van der Waals surface area contributed by atoms with Gasteiger partial charge in [0.1, 0.15) is 0 Å². The van der Waals surface area contributed by atoms with Crippen molar-refractivity contribution in [1.29, 1.82) is 0 Å². The van der Waals surface area contributed by atoms with Crippen molar-refractivity contribution in [2.75, 3.05) is 6.61 Å². The first-order valence-electron chi connectivity index (χ1n) is 7.48. The molecule has 3 aliphatic rings. The van der Waals surface area contributed by atoms with Crippen LogP contribution in [0.2, 0.25) is 0 Å². The molecule has 0 aromatic heterocycles. The maximum atomic E-state index is 10.9. The van der Waals surface area contributed by atoms with E-state index >= 15 is 0 Å². The standard InChI is InChI=1S/C15H26O2/c1-12-4-8-15(16,10-12)13-5-9-17-14(11-13)6-2-3-7-14/h12-13,16H,2-11H2,1H3. The first kappa shape index (κ1) is 12.0. The van der Waals surface area contributed by atoms with Gasteiger partial charge in [0.15, 0.2) is 0 Å². The van der Waals surface area contributed by atoms with Crippen molar-refractivity contribution in [1.82, 2.24) is 0 Å². The van der Waals surface area contributed by atoms with Gasteiger partial charge in [-0.3, -0.25) is 0 Å². The van der Waals surface area contributed by atoms with Crippen LogP contribution in [0.1, 0.15) is 64.7 Å². The summed E-state index contributed by atoms with van der Waals surface area (Å²) in [7, 11) is 0. The van der Waals surface area contributed by atoms with Crippen LogP contribution < -0.4 is 0 Å². The Bertz CT molecular complexity index is 283. The Morgan fingerprint density at radius 3 is 2.47 bits per heavy atom. The smallest absolute Gasteiger partial charge is 0.0686 e. The Morgan fingerprint density at radius 1 is 1.06 bits per heavy atom. The van der Waals surface area contributed by atoms with Crippen molar-refractivity contribution in [2.45, 2.75) is 75.9 Å². The molecule has 0 bridgehead atoms. The van der Waals surface area contributed by atoms with Crippen LogP contribution in [-0.4, -0.2) is 22.9 Å². The molecule has 1 N–H and O–H groups in total. The third-order valence-electron chi connectivity index (χ3n) is 5.54. The molecule has 0 radical (unpaired) electrons. The quantitative estimate of drug-likeness (QED) is 0.759. The van der Waals surface area contributed by atoms with E-state index in [0.717, 1.165) is 32.3 Å². The van der Waals surface area contributed by atoms with Crippen LogP contribution in [-0.2, 0) is 4.74 Å². The summed E-state index contributed by atoms with van der Waals surface area (Å²) in [4.78, 5) is 0. The lowest BCUT2D eigenvalue weighted by atomic mass is 9.74. The Kier molecular flexibility index (Phi) is 2.99. The average molecular weight is 238 g/mol. The SMILES string of the molecule is CC1CCC(O)(C2CCOC3(CCCC3)C2)C1. The zero-order valence-corrected chi connectivity index (χ0v) is 11.1. The molecule has 3 fully saturated rings. The van der Waals surface area contributed by atoms with E-state index in [2.05, 4.69) is 6.92 Å². The van der Waals surface area contributed by atoms with E-state index in [9.17, 15) is 5.11 Å². The molecule has 17 heavy (non-hydrogen) atoms. The molecule has 2 heteroatoms. The minimum absolute atomic E-state index is 0.157. The van der Waals surface area contributed by atoms with E-state index in [0.29, 0.717) is 11.8 Å². The maximum Gasteiger partial charge on any atom is 0.0686 e. The van der Waals surface area contributed by atoms with Crippen LogP contribution in [0.15, 0.2) is 0 Å². The number of ether oxygens (including phenoxy) is 1. The molecule has 3 unspecified atom stereocenters.